The van der Waals surface area contributed by atoms with Crippen LogP contribution in [-0.2, 0) is 9.59 Å². The Labute approximate surface area is 151 Å². The molecular formula is C17H12BrN3O4. The van der Waals surface area contributed by atoms with Crippen molar-refractivity contribution in [2.75, 3.05) is 5.01 Å². The molecule has 1 aliphatic heterocycles. The second-order valence-electron chi connectivity index (χ2n) is 5.45. The standard InChI is InChI=1S/C17H12BrN3O4/c1-10-3-2-4-12(7-10)20-17(23)13(16(22)19-20)8-11-5-6-14(18)15(9-11)21(24)25/h2-9H,1H3,(H,19,22)/b13-8-. The lowest BCUT2D eigenvalue weighted by atomic mass is 10.1. The Hall–Kier alpha value is -3.00. The van der Waals surface area contributed by atoms with E-state index >= 15 is 0 Å². The number of benzene rings is 2. The number of aryl methyl sites for hydroxylation is 1. The number of hydrazine groups is 1. The van der Waals surface area contributed by atoms with Gasteiger partial charge in [-0.05, 0) is 58.3 Å². The molecule has 1 saturated heterocycles. The third-order valence-corrected chi connectivity index (χ3v) is 4.30. The highest BCUT2D eigenvalue weighted by atomic mass is 79.9. The first kappa shape index (κ1) is 16.8. The van der Waals surface area contributed by atoms with E-state index in [0.29, 0.717) is 15.7 Å². The molecule has 8 heteroatoms. The van der Waals surface area contributed by atoms with Gasteiger partial charge < -0.3 is 0 Å². The number of amides is 2. The zero-order chi connectivity index (χ0) is 18.1. The Morgan fingerprint density at radius 2 is 1.96 bits per heavy atom. The molecule has 0 aliphatic carbocycles. The van der Waals surface area contributed by atoms with Gasteiger partial charge in [-0.3, -0.25) is 25.1 Å². The van der Waals surface area contributed by atoms with Crippen molar-refractivity contribution in [3.8, 4) is 0 Å². The average Bonchev–Trinajstić information content (AvgIpc) is 2.84. The number of nitrogens with zero attached hydrogens (tertiary/aromatic N) is 2. The SMILES string of the molecule is Cc1cccc(N2NC(=O)/C(=C/c3ccc(Br)c([N+](=O)[O-])c3)C2=O)c1. The number of carbonyl (C=O) groups is 2. The van der Waals surface area contributed by atoms with Crippen LogP contribution in [0.4, 0.5) is 11.4 Å². The smallest absolute Gasteiger partial charge is 0.267 e. The molecule has 1 aliphatic rings. The molecule has 2 aromatic carbocycles. The van der Waals surface area contributed by atoms with E-state index in [9.17, 15) is 19.7 Å². The fourth-order valence-corrected chi connectivity index (χ4v) is 2.82. The average molecular weight is 402 g/mol. The highest BCUT2D eigenvalue weighted by Crippen LogP contribution is 2.28. The summed E-state index contributed by atoms with van der Waals surface area (Å²) in [7, 11) is 0. The Morgan fingerprint density at radius 1 is 1.20 bits per heavy atom. The normalized spacial score (nSPS) is 15.6. The van der Waals surface area contributed by atoms with Crippen molar-refractivity contribution >= 4 is 45.2 Å². The number of carbonyl (C=O) groups excluding carboxylic acids is 2. The number of hydrogen-bond acceptors (Lipinski definition) is 4. The van der Waals surface area contributed by atoms with Crippen LogP contribution >= 0.6 is 15.9 Å². The molecule has 0 bridgehead atoms. The van der Waals surface area contributed by atoms with Gasteiger partial charge in [0.2, 0.25) is 0 Å². The Kier molecular flexibility index (Phi) is 4.37. The first-order chi connectivity index (χ1) is 11.9. The monoisotopic (exact) mass is 401 g/mol. The lowest BCUT2D eigenvalue weighted by molar-refractivity contribution is -0.385. The van der Waals surface area contributed by atoms with Crippen molar-refractivity contribution in [3.05, 3.63) is 73.8 Å². The van der Waals surface area contributed by atoms with Gasteiger partial charge in [0, 0.05) is 6.07 Å². The number of hydrogen-bond donors (Lipinski definition) is 1. The maximum atomic E-state index is 12.5. The van der Waals surface area contributed by atoms with E-state index in [2.05, 4.69) is 21.4 Å². The quantitative estimate of drug-likeness (QED) is 0.370. The number of anilines is 1. The first-order valence-electron chi connectivity index (χ1n) is 7.24. The van der Waals surface area contributed by atoms with Gasteiger partial charge in [-0.15, -0.1) is 0 Å². The lowest BCUT2D eigenvalue weighted by Crippen LogP contribution is -2.35. The molecule has 2 aromatic rings. The van der Waals surface area contributed by atoms with Crippen molar-refractivity contribution in [1.29, 1.82) is 0 Å². The molecule has 25 heavy (non-hydrogen) atoms. The van der Waals surface area contributed by atoms with Gasteiger partial charge in [0.15, 0.2) is 0 Å². The van der Waals surface area contributed by atoms with Crippen LogP contribution in [0.1, 0.15) is 11.1 Å². The maximum Gasteiger partial charge on any atom is 0.284 e. The Balaban J connectivity index is 1.97. The van der Waals surface area contributed by atoms with Crippen LogP contribution in [0.2, 0.25) is 0 Å². The van der Waals surface area contributed by atoms with E-state index in [0.717, 1.165) is 10.6 Å². The third-order valence-electron chi connectivity index (χ3n) is 3.63. The van der Waals surface area contributed by atoms with Crippen LogP contribution < -0.4 is 10.4 Å². The summed E-state index contributed by atoms with van der Waals surface area (Å²) in [5.74, 6) is -1.07. The van der Waals surface area contributed by atoms with Crippen LogP contribution in [0.25, 0.3) is 6.08 Å². The van der Waals surface area contributed by atoms with Crippen molar-refractivity contribution in [2.24, 2.45) is 0 Å². The topological polar surface area (TPSA) is 92.6 Å². The van der Waals surface area contributed by atoms with Crippen molar-refractivity contribution in [2.45, 2.75) is 6.92 Å². The van der Waals surface area contributed by atoms with Gasteiger partial charge in [0.1, 0.15) is 5.57 Å². The highest BCUT2D eigenvalue weighted by Gasteiger charge is 2.34. The number of rotatable bonds is 3. The minimum Gasteiger partial charge on any atom is -0.267 e. The highest BCUT2D eigenvalue weighted by molar-refractivity contribution is 9.10. The fourth-order valence-electron chi connectivity index (χ4n) is 2.43. The van der Waals surface area contributed by atoms with Crippen LogP contribution in [0.5, 0.6) is 0 Å². The molecule has 126 valence electrons. The van der Waals surface area contributed by atoms with Gasteiger partial charge in [0.05, 0.1) is 15.1 Å². The Bertz CT molecular complexity index is 939. The van der Waals surface area contributed by atoms with Crippen molar-refractivity contribution in [1.82, 2.24) is 5.43 Å². The van der Waals surface area contributed by atoms with E-state index < -0.39 is 16.7 Å². The number of nitrogens with one attached hydrogen (secondary N) is 1. The summed E-state index contributed by atoms with van der Waals surface area (Å²) >= 11 is 3.10. The van der Waals surface area contributed by atoms with Crippen LogP contribution in [0.15, 0.2) is 52.5 Å². The largest absolute Gasteiger partial charge is 0.284 e. The van der Waals surface area contributed by atoms with E-state index in [1.807, 2.05) is 13.0 Å². The lowest BCUT2D eigenvalue weighted by Gasteiger charge is -2.14. The zero-order valence-corrected chi connectivity index (χ0v) is 14.6. The molecule has 1 N–H and O–H groups in total. The van der Waals surface area contributed by atoms with Gasteiger partial charge in [-0.1, -0.05) is 18.2 Å². The molecule has 0 unspecified atom stereocenters. The number of nitro groups is 1. The molecule has 1 heterocycles. The van der Waals surface area contributed by atoms with Crippen LogP contribution in [-0.4, -0.2) is 16.7 Å². The molecule has 0 aromatic heterocycles. The van der Waals surface area contributed by atoms with Gasteiger partial charge in [-0.2, -0.15) is 0 Å². The molecule has 2 amide bonds. The predicted molar refractivity (Wildman–Crippen MR) is 95.6 cm³/mol. The summed E-state index contributed by atoms with van der Waals surface area (Å²) in [6.45, 7) is 1.88. The summed E-state index contributed by atoms with van der Waals surface area (Å²) in [6, 6.07) is 11.5. The zero-order valence-electron chi connectivity index (χ0n) is 13.0. The molecule has 0 radical (unpaired) electrons. The van der Waals surface area contributed by atoms with Crippen LogP contribution in [0.3, 0.4) is 0 Å². The summed E-state index contributed by atoms with van der Waals surface area (Å²) in [5.41, 5.74) is 4.15. The van der Waals surface area contributed by atoms with Gasteiger partial charge >= 0.3 is 0 Å². The molecule has 0 atom stereocenters. The summed E-state index contributed by atoms with van der Waals surface area (Å²) < 4.78 is 0.322. The van der Waals surface area contributed by atoms with E-state index in [1.165, 1.54) is 18.2 Å². The predicted octanol–water partition coefficient (Wildman–Crippen LogP) is 3.13. The molecule has 0 spiro atoms. The van der Waals surface area contributed by atoms with Gasteiger partial charge in [0.25, 0.3) is 17.5 Å². The fraction of sp³-hybridized carbons (Fsp3) is 0.0588. The Morgan fingerprint density at radius 3 is 2.64 bits per heavy atom. The molecular weight excluding hydrogens is 390 g/mol. The second kappa shape index (κ2) is 6.48. The van der Waals surface area contributed by atoms with Gasteiger partial charge in [-0.25, -0.2) is 5.01 Å². The third kappa shape index (κ3) is 3.29. The maximum absolute atomic E-state index is 12.5. The van der Waals surface area contributed by atoms with E-state index in [4.69, 9.17) is 0 Å². The minimum absolute atomic E-state index is 0.0851. The van der Waals surface area contributed by atoms with Crippen LogP contribution in [0, 0.1) is 17.0 Å². The molecule has 7 nitrogen and oxygen atoms in total. The summed E-state index contributed by atoms with van der Waals surface area (Å²) in [4.78, 5) is 35.2. The first-order valence-corrected chi connectivity index (χ1v) is 8.04. The number of halogens is 1. The molecule has 0 saturated carbocycles. The molecule has 3 rings (SSSR count). The van der Waals surface area contributed by atoms with E-state index in [-0.39, 0.29) is 11.3 Å². The molecule has 1 fully saturated rings. The van der Waals surface area contributed by atoms with E-state index in [1.54, 1.807) is 24.3 Å². The minimum atomic E-state index is -0.558. The summed E-state index contributed by atoms with van der Waals surface area (Å²) in [6.07, 6.45) is 1.34. The summed E-state index contributed by atoms with van der Waals surface area (Å²) in [5, 5.41) is 12.2. The second-order valence-corrected chi connectivity index (χ2v) is 6.30. The number of nitro benzene ring substituents is 1. The van der Waals surface area contributed by atoms with Crippen molar-refractivity contribution < 1.29 is 14.5 Å². The van der Waals surface area contributed by atoms with Crippen molar-refractivity contribution in [3.63, 3.8) is 0 Å².